The zero-order valence-corrected chi connectivity index (χ0v) is 7.62. The minimum Gasteiger partial charge on any atom is -0.368 e. The highest BCUT2D eigenvalue weighted by molar-refractivity contribution is 7.99. The molecule has 2 heterocycles. The van der Waals surface area contributed by atoms with Crippen LogP contribution in [0.2, 0.25) is 0 Å². The largest absolute Gasteiger partial charge is 0.368 e. The number of carbonyl (C=O) groups excluding carboxylic acids is 1. The minimum atomic E-state index is -0.129. The number of carbonyl (C=O) groups is 1. The van der Waals surface area contributed by atoms with Crippen LogP contribution in [0.25, 0.3) is 0 Å². The number of hydrogen-bond donors (Lipinski definition) is 0. The quantitative estimate of drug-likeness (QED) is 0.654. The van der Waals surface area contributed by atoms with Crippen molar-refractivity contribution in [1.82, 2.24) is 10.1 Å². The summed E-state index contributed by atoms with van der Waals surface area (Å²) in [5.41, 5.74) is 0. The maximum atomic E-state index is 10.3. The molecule has 1 aliphatic heterocycles. The Hall–Kier alpha value is -0.880. The van der Waals surface area contributed by atoms with E-state index in [9.17, 15) is 4.79 Å². The summed E-state index contributed by atoms with van der Waals surface area (Å²) in [5.74, 6) is 2.29. The van der Waals surface area contributed by atoms with E-state index in [2.05, 4.69) is 14.7 Å². The zero-order valence-electron chi connectivity index (χ0n) is 6.80. The van der Waals surface area contributed by atoms with Crippen molar-refractivity contribution < 1.29 is 14.1 Å². The monoisotopic (exact) mass is 200 g/mol. The molecule has 5 nitrogen and oxygen atoms in total. The average Bonchev–Trinajstić information content (AvgIpc) is 2.67. The third-order valence-electron chi connectivity index (χ3n) is 1.66. The van der Waals surface area contributed by atoms with Gasteiger partial charge in [-0.1, -0.05) is 5.16 Å². The predicted octanol–water partition coefficient (Wildman–Crippen LogP) is 0.687. The molecule has 1 aliphatic rings. The second kappa shape index (κ2) is 3.89. The number of nitrogens with zero attached hydrogens (tertiary/aromatic N) is 2. The number of ether oxygens (including phenoxy) is 1. The Kier molecular flexibility index (Phi) is 2.60. The van der Waals surface area contributed by atoms with Crippen molar-refractivity contribution >= 4 is 18.0 Å². The Bertz CT molecular complexity index is 296. The first-order chi connectivity index (χ1) is 6.40. The van der Waals surface area contributed by atoms with E-state index in [1.165, 1.54) is 0 Å². The average molecular weight is 200 g/mol. The van der Waals surface area contributed by atoms with E-state index in [4.69, 9.17) is 4.74 Å². The van der Waals surface area contributed by atoms with E-state index in [-0.39, 0.29) is 12.0 Å². The molecule has 2 rings (SSSR count). The van der Waals surface area contributed by atoms with Gasteiger partial charge in [0.15, 0.2) is 0 Å². The molecule has 0 spiro atoms. The first-order valence-corrected chi connectivity index (χ1v) is 5.04. The molecule has 13 heavy (non-hydrogen) atoms. The summed E-state index contributed by atoms with van der Waals surface area (Å²) in [6.45, 7) is 0.695. The number of thioether (sulfide) groups is 1. The Morgan fingerprint density at radius 2 is 2.54 bits per heavy atom. The van der Waals surface area contributed by atoms with Crippen molar-refractivity contribution in [1.29, 1.82) is 0 Å². The van der Waals surface area contributed by atoms with E-state index >= 15 is 0 Å². The van der Waals surface area contributed by atoms with Crippen LogP contribution in [0.3, 0.4) is 0 Å². The van der Waals surface area contributed by atoms with Crippen molar-refractivity contribution in [2.24, 2.45) is 0 Å². The lowest BCUT2D eigenvalue weighted by atomic mass is 10.4. The molecule has 1 aromatic heterocycles. The fourth-order valence-corrected chi connectivity index (χ4v) is 1.90. The molecule has 1 fully saturated rings. The second-order valence-corrected chi connectivity index (χ2v) is 3.69. The zero-order chi connectivity index (χ0) is 9.10. The highest BCUT2D eigenvalue weighted by atomic mass is 32.2. The third-order valence-corrected chi connectivity index (χ3v) is 2.66. The Morgan fingerprint density at radius 3 is 3.15 bits per heavy atom. The van der Waals surface area contributed by atoms with Crippen LogP contribution in [-0.2, 0) is 4.74 Å². The van der Waals surface area contributed by atoms with Gasteiger partial charge in [-0.3, -0.25) is 4.79 Å². The minimum absolute atomic E-state index is 0.00849. The summed E-state index contributed by atoms with van der Waals surface area (Å²) in [7, 11) is 0. The van der Waals surface area contributed by atoms with E-state index < -0.39 is 0 Å². The summed E-state index contributed by atoms with van der Waals surface area (Å²) in [5, 5.41) is 3.66. The van der Waals surface area contributed by atoms with E-state index in [0.717, 1.165) is 11.5 Å². The highest BCUT2D eigenvalue weighted by Gasteiger charge is 2.21. The molecule has 0 amide bonds. The molecular formula is C7H8N2O3S. The normalized spacial score (nSPS) is 22.9. The topological polar surface area (TPSA) is 65.2 Å². The number of rotatable bonds is 2. The summed E-state index contributed by atoms with van der Waals surface area (Å²) in [4.78, 5) is 14.1. The first-order valence-electron chi connectivity index (χ1n) is 3.88. The Balaban J connectivity index is 2.09. The van der Waals surface area contributed by atoms with Gasteiger partial charge in [0.2, 0.25) is 12.1 Å². The Labute approximate surface area is 78.8 Å². The molecule has 0 aliphatic carbocycles. The summed E-state index contributed by atoms with van der Waals surface area (Å²) in [6.07, 6.45) is 0.406. The fraction of sp³-hybridized carbons (Fsp3) is 0.571. The molecule has 6 heteroatoms. The molecule has 1 unspecified atom stereocenters. The highest BCUT2D eigenvalue weighted by Crippen LogP contribution is 2.23. The van der Waals surface area contributed by atoms with Crippen molar-refractivity contribution in [3.05, 3.63) is 11.7 Å². The standard InChI is InChI=1S/C7H8N2O3S/c10-3-6-8-7(9-12-6)5-4-13-2-1-11-5/h3,5H,1-2,4H2. The molecule has 0 saturated carbocycles. The Morgan fingerprint density at radius 1 is 1.62 bits per heavy atom. The van der Waals surface area contributed by atoms with Gasteiger partial charge in [0.05, 0.1) is 6.61 Å². The SMILES string of the molecule is O=Cc1nc(C2CSCCO2)no1. The number of hydrogen-bond acceptors (Lipinski definition) is 6. The molecule has 0 N–H and O–H groups in total. The van der Waals surface area contributed by atoms with Crippen molar-refractivity contribution in [2.45, 2.75) is 6.10 Å². The second-order valence-electron chi connectivity index (χ2n) is 2.54. The number of aromatic nitrogens is 2. The number of aldehydes is 1. The van der Waals surface area contributed by atoms with Gasteiger partial charge in [-0.05, 0) is 0 Å². The van der Waals surface area contributed by atoms with Crippen LogP contribution < -0.4 is 0 Å². The van der Waals surface area contributed by atoms with Crippen LogP contribution in [0.1, 0.15) is 22.6 Å². The molecule has 0 bridgehead atoms. The van der Waals surface area contributed by atoms with Crippen molar-refractivity contribution in [3.63, 3.8) is 0 Å². The van der Waals surface area contributed by atoms with Crippen LogP contribution in [0, 0.1) is 0 Å². The van der Waals surface area contributed by atoms with Crippen LogP contribution in [0.4, 0.5) is 0 Å². The van der Waals surface area contributed by atoms with Gasteiger partial charge in [0, 0.05) is 11.5 Å². The van der Waals surface area contributed by atoms with Gasteiger partial charge in [0.1, 0.15) is 6.10 Å². The van der Waals surface area contributed by atoms with Crippen molar-refractivity contribution in [2.75, 3.05) is 18.1 Å². The smallest absolute Gasteiger partial charge is 0.290 e. The van der Waals surface area contributed by atoms with Crippen LogP contribution >= 0.6 is 11.8 Å². The van der Waals surface area contributed by atoms with E-state index in [1.807, 2.05) is 0 Å². The predicted molar refractivity (Wildman–Crippen MR) is 45.7 cm³/mol. The molecule has 0 radical (unpaired) electrons. The van der Waals surface area contributed by atoms with E-state index in [1.54, 1.807) is 11.8 Å². The summed E-state index contributed by atoms with van der Waals surface area (Å²) < 4.78 is 10.0. The van der Waals surface area contributed by atoms with Crippen LogP contribution in [-0.4, -0.2) is 34.5 Å². The van der Waals surface area contributed by atoms with Crippen LogP contribution in [0.5, 0.6) is 0 Å². The van der Waals surface area contributed by atoms with Crippen LogP contribution in [0.15, 0.2) is 4.52 Å². The molecular weight excluding hydrogens is 192 g/mol. The molecule has 1 saturated heterocycles. The fourth-order valence-electron chi connectivity index (χ4n) is 1.06. The van der Waals surface area contributed by atoms with E-state index in [0.29, 0.717) is 18.7 Å². The lowest BCUT2D eigenvalue weighted by Gasteiger charge is -2.18. The van der Waals surface area contributed by atoms with Gasteiger partial charge in [-0.2, -0.15) is 16.7 Å². The molecule has 0 aromatic carbocycles. The summed E-state index contributed by atoms with van der Waals surface area (Å²) in [6, 6.07) is 0. The van der Waals surface area contributed by atoms with Crippen molar-refractivity contribution in [3.8, 4) is 0 Å². The van der Waals surface area contributed by atoms with Gasteiger partial charge in [-0.15, -0.1) is 0 Å². The van der Waals surface area contributed by atoms with Gasteiger partial charge in [-0.25, -0.2) is 0 Å². The van der Waals surface area contributed by atoms with Gasteiger partial charge < -0.3 is 9.26 Å². The first kappa shape index (κ1) is 8.71. The summed E-state index contributed by atoms with van der Waals surface area (Å²) >= 11 is 1.78. The lowest BCUT2D eigenvalue weighted by molar-refractivity contribution is 0.0677. The maximum Gasteiger partial charge on any atom is 0.290 e. The molecule has 70 valence electrons. The maximum absolute atomic E-state index is 10.3. The van der Waals surface area contributed by atoms with Gasteiger partial charge in [0.25, 0.3) is 5.89 Å². The molecule has 1 atom stereocenters. The van der Waals surface area contributed by atoms with Gasteiger partial charge >= 0.3 is 0 Å². The molecule has 1 aromatic rings. The lowest BCUT2D eigenvalue weighted by Crippen LogP contribution is -2.16. The third kappa shape index (κ3) is 1.89.